The number of carbonyl (C=O) groups excluding carboxylic acids is 2. The first kappa shape index (κ1) is 22.6. The SMILES string of the molecule is CCNC(=O)[C@@H](C)N(Cc1ccc(Cl)cc1)C(=O)CSCc1cccc(Cl)c1. The lowest BCUT2D eigenvalue weighted by atomic mass is 10.1. The third kappa shape index (κ3) is 7.04. The summed E-state index contributed by atoms with van der Waals surface area (Å²) in [6.07, 6.45) is 0. The fourth-order valence-corrected chi connectivity index (χ4v) is 3.85. The molecule has 2 rings (SSSR count). The molecular weight excluding hydrogens is 415 g/mol. The molecule has 0 fully saturated rings. The Kier molecular flexibility index (Phi) is 9.16. The van der Waals surface area contributed by atoms with Gasteiger partial charge in [0.15, 0.2) is 0 Å². The molecule has 0 spiro atoms. The number of hydrogen-bond donors (Lipinski definition) is 1. The molecule has 0 aliphatic carbocycles. The number of halogens is 2. The molecule has 0 radical (unpaired) electrons. The van der Waals surface area contributed by atoms with Gasteiger partial charge in [-0.05, 0) is 49.2 Å². The predicted molar refractivity (Wildman–Crippen MR) is 118 cm³/mol. The van der Waals surface area contributed by atoms with Crippen LogP contribution < -0.4 is 5.32 Å². The fraction of sp³-hybridized carbons (Fsp3) is 0.333. The summed E-state index contributed by atoms with van der Waals surface area (Å²) in [6, 6.07) is 14.3. The minimum absolute atomic E-state index is 0.0827. The molecule has 0 unspecified atom stereocenters. The molecule has 0 bridgehead atoms. The molecule has 150 valence electrons. The lowest BCUT2D eigenvalue weighted by molar-refractivity contribution is -0.138. The van der Waals surface area contributed by atoms with Crippen molar-refractivity contribution < 1.29 is 9.59 Å². The second kappa shape index (κ2) is 11.3. The van der Waals surface area contributed by atoms with E-state index >= 15 is 0 Å². The van der Waals surface area contributed by atoms with E-state index in [9.17, 15) is 9.59 Å². The first-order valence-corrected chi connectivity index (χ1v) is 11.0. The molecule has 0 aliphatic heterocycles. The second-order valence-electron chi connectivity index (χ2n) is 6.34. The number of thioether (sulfide) groups is 1. The first-order chi connectivity index (χ1) is 13.4. The molecule has 0 saturated carbocycles. The van der Waals surface area contributed by atoms with Gasteiger partial charge in [0, 0.05) is 28.9 Å². The Hall–Kier alpha value is -1.69. The van der Waals surface area contributed by atoms with Crippen molar-refractivity contribution in [1.29, 1.82) is 0 Å². The third-order valence-corrected chi connectivity index (χ3v) is 5.64. The van der Waals surface area contributed by atoms with Gasteiger partial charge in [-0.2, -0.15) is 0 Å². The molecule has 0 aromatic heterocycles. The summed E-state index contributed by atoms with van der Waals surface area (Å²) in [7, 11) is 0. The highest BCUT2D eigenvalue weighted by Gasteiger charge is 2.25. The molecule has 2 amide bonds. The van der Waals surface area contributed by atoms with Crippen molar-refractivity contribution in [3.8, 4) is 0 Å². The van der Waals surface area contributed by atoms with Gasteiger partial charge in [-0.1, -0.05) is 47.5 Å². The highest BCUT2D eigenvalue weighted by atomic mass is 35.5. The quantitative estimate of drug-likeness (QED) is 0.612. The molecule has 0 aliphatic rings. The van der Waals surface area contributed by atoms with Crippen molar-refractivity contribution in [2.24, 2.45) is 0 Å². The maximum absolute atomic E-state index is 12.9. The van der Waals surface area contributed by atoms with Crippen LogP contribution in [0.25, 0.3) is 0 Å². The van der Waals surface area contributed by atoms with E-state index in [0.717, 1.165) is 11.1 Å². The molecule has 1 atom stereocenters. The van der Waals surface area contributed by atoms with Crippen molar-refractivity contribution in [1.82, 2.24) is 10.2 Å². The van der Waals surface area contributed by atoms with E-state index in [1.54, 1.807) is 24.0 Å². The average molecular weight is 439 g/mol. The maximum atomic E-state index is 12.9. The summed E-state index contributed by atoms with van der Waals surface area (Å²) >= 11 is 13.5. The number of hydrogen-bond acceptors (Lipinski definition) is 3. The van der Waals surface area contributed by atoms with E-state index in [2.05, 4.69) is 5.32 Å². The van der Waals surface area contributed by atoms with Crippen LogP contribution in [0, 0.1) is 0 Å². The average Bonchev–Trinajstić information content (AvgIpc) is 2.67. The van der Waals surface area contributed by atoms with Gasteiger partial charge in [0.05, 0.1) is 5.75 Å². The molecule has 1 N–H and O–H groups in total. The topological polar surface area (TPSA) is 49.4 Å². The van der Waals surface area contributed by atoms with Crippen LogP contribution in [0.5, 0.6) is 0 Å². The van der Waals surface area contributed by atoms with Crippen LogP contribution >= 0.6 is 35.0 Å². The predicted octanol–water partition coefficient (Wildman–Crippen LogP) is 4.78. The summed E-state index contributed by atoms with van der Waals surface area (Å²) in [6.45, 7) is 4.49. The van der Waals surface area contributed by atoms with Gasteiger partial charge >= 0.3 is 0 Å². The van der Waals surface area contributed by atoms with E-state index in [1.165, 1.54) is 11.8 Å². The standard InChI is InChI=1S/C21H24Cl2N2O2S/c1-3-24-21(27)15(2)25(12-16-7-9-18(22)10-8-16)20(26)14-28-13-17-5-4-6-19(23)11-17/h4-11,15H,3,12-14H2,1-2H3,(H,24,27)/t15-/m1/s1. The lowest BCUT2D eigenvalue weighted by Crippen LogP contribution is -2.48. The van der Waals surface area contributed by atoms with Crippen molar-refractivity contribution in [2.75, 3.05) is 12.3 Å². The van der Waals surface area contributed by atoms with Crippen LogP contribution in [-0.2, 0) is 21.9 Å². The molecule has 2 aromatic carbocycles. The molecule has 28 heavy (non-hydrogen) atoms. The summed E-state index contributed by atoms with van der Waals surface area (Å²) < 4.78 is 0. The zero-order chi connectivity index (χ0) is 20.5. The van der Waals surface area contributed by atoms with Crippen LogP contribution in [0.3, 0.4) is 0 Å². The minimum atomic E-state index is -0.560. The van der Waals surface area contributed by atoms with Crippen LogP contribution in [0.1, 0.15) is 25.0 Å². The highest BCUT2D eigenvalue weighted by Crippen LogP contribution is 2.19. The Morgan fingerprint density at radius 2 is 1.79 bits per heavy atom. The number of carbonyl (C=O) groups is 2. The van der Waals surface area contributed by atoms with Crippen LogP contribution in [-0.4, -0.2) is 35.1 Å². The van der Waals surface area contributed by atoms with Crippen molar-refractivity contribution in [3.05, 3.63) is 69.7 Å². The number of nitrogens with zero attached hydrogens (tertiary/aromatic N) is 1. The monoisotopic (exact) mass is 438 g/mol. The maximum Gasteiger partial charge on any atom is 0.242 e. The van der Waals surface area contributed by atoms with Gasteiger partial charge in [0.1, 0.15) is 6.04 Å². The summed E-state index contributed by atoms with van der Waals surface area (Å²) in [5, 5.41) is 4.10. The minimum Gasteiger partial charge on any atom is -0.355 e. The molecule has 4 nitrogen and oxygen atoms in total. The second-order valence-corrected chi connectivity index (χ2v) is 8.20. The fourth-order valence-electron chi connectivity index (χ4n) is 2.66. The Morgan fingerprint density at radius 3 is 2.43 bits per heavy atom. The number of benzene rings is 2. The first-order valence-electron chi connectivity index (χ1n) is 9.04. The van der Waals surface area contributed by atoms with Gasteiger partial charge in [0.2, 0.25) is 11.8 Å². The Labute approximate surface area is 180 Å². The van der Waals surface area contributed by atoms with Gasteiger partial charge in [-0.3, -0.25) is 9.59 Å². The van der Waals surface area contributed by atoms with E-state index in [4.69, 9.17) is 23.2 Å². The number of nitrogens with one attached hydrogen (secondary N) is 1. The van der Waals surface area contributed by atoms with Gasteiger partial charge in [-0.25, -0.2) is 0 Å². The largest absolute Gasteiger partial charge is 0.355 e. The van der Waals surface area contributed by atoms with E-state index < -0.39 is 6.04 Å². The number of amides is 2. The molecular formula is C21H24Cl2N2O2S. The van der Waals surface area contributed by atoms with Crippen LogP contribution in [0.15, 0.2) is 48.5 Å². The van der Waals surface area contributed by atoms with E-state index in [-0.39, 0.29) is 17.6 Å². The van der Waals surface area contributed by atoms with Crippen molar-refractivity contribution >= 4 is 46.8 Å². The smallest absolute Gasteiger partial charge is 0.242 e. The van der Waals surface area contributed by atoms with Gasteiger partial charge in [-0.15, -0.1) is 11.8 Å². The number of likely N-dealkylation sites (N-methyl/N-ethyl adjacent to an activating group) is 1. The van der Waals surface area contributed by atoms with E-state index in [1.807, 2.05) is 43.3 Å². The Morgan fingerprint density at radius 1 is 1.07 bits per heavy atom. The Balaban J connectivity index is 2.04. The molecule has 0 heterocycles. The normalized spacial score (nSPS) is 11.7. The number of rotatable bonds is 9. The van der Waals surface area contributed by atoms with E-state index in [0.29, 0.717) is 28.9 Å². The Bertz CT molecular complexity index is 799. The molecule has 2 aromatic rings. The highest BCUT2D eigenvalue weighted by molar-refractivity contribution is 7.99. The van der Waals surface area contributed by atoms with Crippen molar-refractivity contribution in [2.45, 2.75) is 32.2 Å². The lowest BCUT2D eigenvalue weighted by Gasteiger charge is -2.28. The molecule has 0 saturated heterocycles. The summed E-state index contributed by atoms with van der Waals surface area (Å²) in [4.78, 5) is 26.8. The third-order valence-electron chi connectivity index (χ3n) is 4.17. The van der Waals surface area contributed by atoms with Gasteiger partial charge in [0.25, 0.3) is 0 Å². The van der Waals surface area contributed by atoms with Crippen LogP contribution in [0.4, 0.5) is 0 Å². The zero-order valence-electron chi connectivity index (χ0n) is 16.0. The van der Waals surface area contributed by atoms with Gasteiger partial charge < -0.3 is 10.2 Å². The zero-order valence-corrected chi connectivity index (χ0v) is 18.3. The van der Waals surface area contributed by atoms with Crippen LogP contribution in [0.2, 0.25) is 10.0 Å². The molecule has 7 heteroatoms. The van der Waals surface area contributed by atoms with Crippen molar-refractivity contribution in [3.63, 3.8) is 0 Å². The summed E-state index contributed by atoms with van der Waals surface area (Å²) in [5.41, 5.74) is 1.99. The summed E-state index contributed by atoms with van der Waals surface area (Å²) in [5.74, 6) is 0.714.